The number of carbonyl (C=O) groups excluding carboxylic acids is 2. The van der Waals surface area contributed by atoms with E-state index in [1.54, 1.807) is 6.92 Å². The van der Waals surface area contributed by atoms with Gasteiger partial charge in [-0.25, -0.2) is 4.18 Å². The Morgan fingerprint density at radius 3 is 1.28 bits per heavy atom. The molecule has 0 spiro atoms. The third-order valence-corrected chi connectivity index (χ3v) is 17.7. The summed E-state index contributed by atoms with van der Waals surface area (Å²) in [6.45, 7) is 15.5. The van der Waals surface area contributed by atoms with Gasteiger partial charge in [-0.3, -0.25) is 14.1 Å². The topological polar surface area (TPSA) is 265 Å². The molecule has 2 rings (SSSR count). The fourth-order valence-corrected chi connectivity index (χ4v) is 13.1. The minimum atomic E-state index is -5.32. The second-order valence-electron chi connectivity index (χ2n) is 25.7. The highest BCUT2D eigenvalue weighted by atomic mass is 32.3. The number of carbonyl (C=O) groups is 2. The molecule has 0 saturated carbocycles. The molecule has 17 atom stereocenters. The smallest absolute Gasteiger partial charge is 0.397 e. The van der Waals surface area contributed by atoms with Crippen LogP contribution < -0.4 is 0 Å². The van der Waals surface area contributed by atoms with E-state index in [0.29, 0.717) is 30.6 Å². The molecule has 2 fully saturated rings. The van der Waals surface area contributed by atoms with Crippen LogP contribution in [-0.2, 0) is 47.9 Å². The van der Waals surface area contributed by atoms with Crippen molar-refractivity contribution in [2.45, 2.75) is 348 Å². The number of ether oxygens (including phenoxy) is 5. The standard InChI is InChI=1S/C64H122O17S/c1-9-11-13-15-17-19-21-23-24-26-27-29-31-33-35-37-52(67)50(7)42-48(5)40-46(3)39-47(4)41-49(6)43-51(8)62(72)79-59-57(70)54(45-66)77-64(80-63-60(81-82(73,74)75)58(71)56(69)53(44-65)76-63)61(59)78-55(68)38-36-34-32-30-28-25-22-20-18-16-14-12-10-2/h46-54,56-61,63-67,69-71H,9-45H2,1-8H3,(H,73,74,75)/t46-,47+,48-,49+,50-,51-,52+,53-,54+,56-,57+,58+,59-,60-,61+,63-,64+/m1/s1. The van der Waals surface area contributed by atoms with Gasteiger partial charge in [-0.2, -0.15) is 8.42 Å². The fraction of sp³-hybridized carbons (Fsp3) is 0.969. The molecular formula is C64H122O17S. The number of esters is 2. The zero-order chi connectivity index (χ0) is 60.9. The SMILES string of the molecule is CCCCCCCCCCCCCCCCC[C@H](O)[C@H](C)C[C@H](C)C[C@H](C)C[C@H](C)C[C@H](C)C[C@@H](C)C(=O)O[C@@H]1[C@@H](O)[C@H](CO)O[C@@H](O[C@H]2O[C@H](CO)[C@@H](O)[C@H](O)[C@H]2OS(=O)(=O)O)[C@H]1OC(=O)CCCCCCCCCCCCCCC. The van der Waals surface area contributed by atoms with Gasteiger partial charge in [0.05, 0.1) is 25.2 Å². The summed E-state index contributed by atoms with van der Waals surface area (Å²) in [5, 5.41) is 64.3. The highest BCUT2D eigenvalue weighted by molar-refractivity contribution is 7.80. The molecule has 2 aliphatic heterocycles. The molecule has 0 unspecified atom stereocenters. The van der Waals surface area contributed by atoms with Gasteiger partial charge in [0, 0.05) is 6.42 Å². The first-order chi connectivity index (χ1) is 39.1. The summed E-state index contributed by atoms with van der Waals surface area (Å²) >= 11 is 0. The van der Waals surface area contributed by atoms with Crippen LogP contribution in [0, 0.1) is 35.5 Å². The lowest BCUT2D eigenvalue weighted by molar-refractivity contribution is -0.374. The van der Waals surface area contributed by atoms with Crippen LogP contribution in [0.1, 0.15) is 280 Å². The van der Waals surface area contributed by atoms with Crippen LogP contribution >= 0.6 is 0 Å². The molecule has 0 aromatic rings. The molecule has 0 radical (unpaired) electrons. The van der Waals surface area contributed by atoms with E-state index in [-0.39, 0.29) is 24.4 Å². The molecule has 2 aliphatic rings. The van der Waals surface area contributed by atoms with Crippen LogP contribution in [0.3, 0.4) is 0 Å². The number of rotatable bonds is 50. The average Bonchev–Trinajstić information content (AvgIpc) is 3.51. The number of unbranched alkanes of at least 4 members (excludes halogenated alkanes) is 26. The van der Waals surface area contributed by atoms with Gasteiger partial charge in [-0.1, -0.05) is 229 Å². The molecule has 0 amide bonds. The lowest BCUT2D eigenvalue weighted by Crippen LogP contribution is -2.65. The third kappa shape index (κ3) is 33.0. The first kappa shape index (κ1) is 76.5. The van der Waals surface area contributed by atoms with Crippen molar-refractivity contribution in [3.8, 4) is 0 Å². The third-order valence-electron chi connectivity index (χ3n) is 17.2. The molecule has 7 N–H and O–H groups in total. The van der Waals surface area contributed by atoms with Gasteiger partial charge in [-0.05, 0) is 74.5 Å². The summed E-state index contributed by atoms with van der Waals surface area (Å²) in [5.41, 5.74) is 0. The number of hydrogen-bond donors (Lipinski definition) is 7. The Bertz CT molecular complexity index is 1710. The van der Waals surface area contributed by atoms with Crippen molar-refractivity contribution in [3.05, 3.63) is 0 Å². The second kappa shape index (κ2) is 44.8. The Hall–Kier alpha value is -1.55. The van der Waals surface area contributed by atoms with E-state index < -0.39 is 103 Å². The van der Waals surface area contributed by atoms with Gasteiger partial charge < -0.3 is 54.3 Å². The second-order valence-corrected chi connectivity index (χ2v) is 26.7. The lowest BCUT2D eigenvalue weighted by atomic mass is 9.81. The van der Waals surface area contributed by atoms with E-state index >= 15 is 0 Å². The Kier molecular flexibility index (Phi) is 41.8. The predicted octanol–water partition coefficient (Wildman–Crippen LogP) is 12.4. The number of aliphatic hydroxyl groups excluding tert-OH is 6. The Labute approximate surface area is 497 Å². The van der Waals surface area contributed by atoms with Crippen molar-refractivity contribution >= 4 is 22.3 Å². The summed E-state index contributed by atoms with van der Waals surface area (Å²) in [6, 6.07) is 0. The van der Waals surface area contributed by atoms with Crippen LogP contribution in [0.4, 0.5) is 0 Å². The van der Waals surface area contributed by atoms with E-state index in [4.69, 9.17) is 23.7 Å². The molecule has 18 heteroatoms. The van der Waals surface area contributed by atoms with Crippen LogP contribution in [-0.4, -0.2) is 136 Å². The van der Waals surface area contributed by atoms with Crippen LogP contribution in [0.25, 0.3) is 0 Å². The summed E-state index contributed by atoms with van der Waals surface area (Å²) in [5.74, 6) is -0.545. The molecule has 0 aromatic heterocycles. The van der Waals surface area contributed by atoms with Crippen LogP contribution in [0.2, 0.25) is 0 Å². The fourth-order valence-electron chi connectivity index (χ4n) is 12.6. The van der Waals surface area contributed by atoms with Crippen molar-refractivity contribution < 1.29 is 81.1 Å². The highest BCUT2D eigenvalue weighted by Gasteiger charge is 2.55. The van der Waals surface area contributed by atoms with Crippen LogP contribution in [0.15, 0.2) is 0 Å². The summed E-state index contributed by atoms with van der Waals surface area (Å²) in [7, 11) is -5.32. The summed E-state index contributed by atoms with van der Waals surface area (Å²) in [4.78, 5) is 27.6. The zero-order valence-electron chi connectivity index (χ0n) is 52.6. The Balaban J connectivity index is 1.97. The molecule has 2 saturated heterocycles. The first-order valence-electron chi connectivity index (χ1n) is 33.1. The minimum absolute atomic E-state index is 0.0570. The maximum atomic E-state index is 14.0. The van der Waals surface area contributed by atoms with Crippen molar-refractivity contribution in [1.82, 2.24) is 0 Å². The molecule has 0 aliphatic carbocycles. The van der Waals surface area contributed by atoms with E-state index in [1.165, 1.54) is 135 Å². The van der Waals surface area contributed by atoms with Gasteiger partial charge >= 0.3 is 22.3 Å². The molecule has 0 aromatic carbocycles. The summed E-state index contributed by atoms with van der Waals surface area (Å²) in [6.07, 6.45) is 20.6. The zero-order valence-corrected chi connectivity index (χ0v) is 53.4. The largest absolute Gasteiger partial charge is 0.455 e. The molecule has 17 nitrogen and oxygen atoms in total. The van der Waals surface area contributed by atoms with Gasteiger partial charge in [0.1, 0.15) is 30.5 Å². The molecule has 486 valence electrons. The van der Waals surface area contributed by atoms with Gasteiger partial charge in [-0.15, -0.1) is 0 Å². The maximum Gasteiger partial charge on any atom is 0.397 e. The van der Waals surface area contributed by atoms with Crippen LogP contribution in [0.5, 0.6) is 0 Å². The molecule has 82 heavy (non-hydrogen) atoms. The first-order valence-corrected chi connectivity index (χ1v) is 34.5. The van der Waals surface area contributed by atoms with E-state index in [2.05, 4.69) is 52.6 Å². The van der Waals surface area contributed by atoms with Gasteiger partial charge in [0.25, 0.3) is 0 Å². The van der Waals surface area contributed by atoms with Crippen molar-refractivity contribution in [2.75, 3.05) is 13.2 Å². The lowest BCUT2D eigenvalue weighted by Gasteiger charge is -2.46. The van der Waals surface area contributed by atoms with Crippen molar-refractivity contribution in [3.63, 3.8) is 0 Å². The van der Waals surface area contributed by atoms with Crippen molar-refractivity contribution in [1.29, 1.82) is 0 Å². The molecular weight excluding hydrogens is 1070 g/mol. The van der Waals surface area contributed by atoms with Gasteiger partial charge in [0.2, 0.25) is 6.29 Å². The van der Waals surface area contributed by atoms with Crippen molar-refractivity contribution in [2.24, 2.45) is 35.5 Å². The van der Waals surface area contributed by atoms with E-state index in [0.717, 1.165) is 70.6 Å². The van der Waals surface area contributed by atoms with E-state index in [1.807, 2.05) is 0 Å². The molecule has 2 heterocycles. The number of aliphatic hydroxyl groups is 6. The Morgan fingerprint density at radius 1 is 0.476 bits per heavy atom. The maximum absolute atomic E-state index is 14.0. The normalized spacial score (nSPS) is 25.9. The van der Waals surface area contributed by atoms with E-state index in [9.17, 15) is 53.2 Å². The quantitative estimate of drug-likeness (QED) is 0.0170. The van der Waals surface area contributed by atoms with Gasteiger partial charge in [0.15, 0.2) is 24.6 Å². The number of hydrogen-bond acceptors (Lipinski definition) is 16. The average molecular weight is 1200 g/mol. The predicted molar refractivity (Wildman–Crippen MR) is 321 cm³/mol. The highest BCUT2D eigenvalue weighted by Crippen LogP contribution is 2.35. The summed E-state index contributed by atoms with van der Waals surface area (Å²) < 4.78 is 67.3. The monoisotopic (exact) mass is 1190 g/mol. The molecule has 0 bridgehead atoms. The minimum Gasteiger partial charge on any atom is -0.455 e. The Morgan fingerprint density at radius 2 is 0.854 bits per heavy atom.